The Morgan fingerprint density at radius 1 is 0.976 bits per heavy atom. The number of nitrogens with zero attached hydrogens (tertiary/aromatic N) is 5. The summed E-state index contributed by atoms with van der Waals surface area (Å²) >= 11 is 6.26. The zero-order valence-corrected chi connectivity index (χ0v) is 23.5. The van der Waals surface area contributed by atoms with Crippen LogP contribution in [0.3, 0.4) is 0 Å². The highest BCUT2D eigenvalue weighted by Gasteiger charge is 2.23. The van der Waals surface area contributed by atoms with Gasteiger partial charge in [-0.05, 0) is 44.2 Å². The fraction of sp³-hybridized carbons (Fsp3) is 0.200. The number of quaternary nitrogens is 1. The van der Waals surface area contributed by atoms with Crippen molar-refractivity contribution in [3.8, 4) is 11.3 Å². The van der Waals surface area contributed by atoms with Crippen LogP contribution in [0.15, 0.2) is 65.8 Å². The van der Waals surface area contributed by atoms with Gasteiger partial charge in [0.2, 0.25) is 0 Å². The fourth-order valence-corrected chi connectivity index (χ4v) is 5.49. The molecule has 12 heteroatoms. The molecule has 0 spiro atoms. The molecule has 3 aromatic carbocycles. The number of benzene rings is 3. The van der Waals surface area contributed by atoms with Crippen LogP contribution in [0, 0.1) is 17.5 Å². The molecule has 5 aromatic rings. The van der Waals surface area contributed by atoms with Gasteiger partial charge in [0, 0.05) is 53.1 Å². The molecule has 0 saturated carbocycles. The quantitative estimate of drug-likeness (QED) is 0.117. The summed E-state index contributed by atoms with van der Waals surface area (Å²) in [5.74, 6) is -1.43. The smallest absolute Gasteiger partial charge is 0.331 e. The minimum absolute atomic E-state index is 0.0965. The first kappa shape index (κ1) is 27.8. The van der Waals surface area contributed by atoms with E-state index in [4.69, 9.17) is 17.3 Å². The molecule has 3 heterocycles. The molecule has 0 aliphatic carbocycles. The SMILES string of the molecule is CC1CN(C(N)=Nc2cc([NH2+]c3ncc4nc(-c5c(F)cccc5F)c5cc(Cl)ccc5c4n3)ccc2F)CC(C)N1. The Bertz CT molecular complexity index is 1830. The molecule has 1 aliphatic rings. The zero-order valence-electron chi connectivity index (χ0n) is 22.7. The fourth-order valence-electron chi connectivity index (χ4n) is 5.32. The Morgan fingerprint density at radius 3 is 2.45 bits per heavy atom. The lowest BCUT2D eigenvalue weighted by atomic mass is 10.0. The summed E-state index contributed by atoms with van der Waals surface area (Å²) < 4.78 is 44.2. The molecule has 1 fully saturated rings. The second-order valence-corrected chi connectivity index (χ2v) is 10.8. The van der Waals surface area contributed by atoms with Crippen molar-refractivity contribution in [3.05, 3.63) is 83.3 Å². The van der Waals surface area contributed by atoms with Crippen molar-refractivity contribution in [2.45, 2.75) is 25.9 Å². The van der Waals surface area contributed by atoms with Gasteiger partial charge in [-0.2, -0.15) is 9.97 Å². The predicted octanol–water partition coefficient (Wildman–Crippen LogP) is 5.07. The number of piperazine rings is 1. The van der Waals surface area contributed by atoms with Crippen LogP contribution in [-0.4, -0.2) is 51.0 Å². The normalized spacial score (nSPS) is 17.8. The molecule has 42 heavy (non-hydrogen) atoms. The number of rotatable bonds is 4. The average molecular weight is 592 g/mol. The summed E-state index contributed by atoms with van der Waals surface area (Å²) in [5.41, 5.74) is 7.61. The van der Waals surface area contributed by atoms with E-state index in [1.54, 1.807) is 35.6 Å². The van der Waals surface area contributed by atoms with Crippen LogP contribution < -0.4 is 16.4 Å². The maximum absolute atomic E-state index is 14.8. The third-order valence-corrected chi connectivity index (χ3v) is 7.33. The van der Waals surface area contributed by atoms with E-state index >= 15 is 0 Å². The van der Waals surface area contributed by atoms with Crippen molar-refractivity contribution in [2.24, 2.45) is 10.7 Å². The molecular weight excluding hydrogens is 565 g/mol. The number of aromatic nitrogens is 3. The topological polar surface area (TPSA) is 109 Å². The number of hydrogen-bond acceptors (Lipinski definition) is 5. The standard InChI is InChI=1S/C30H26ClF3N8/c1-15-13-42(14-16(2)37-15)29(35)40-24-11-18(7-9-21(24)32)38-30-36-12-25-27(41-30)19-8-6-17(31)10-20(19)28(39-25)26-22(33)4-3-5-23(26)34/h3-12,15-16,37H,13-14H2,1-2H3,(H2,35,40)(H,36,38,41)/p+1. The number of halogens is 4. The molecule has 2 aromatic heterocycles. The highest BCUT2D eigenvalue weighted by atomic mass is 35.5. The monoisotopic (exact) mass is 591 g/mol. The summed E-state index contributed by atoms with van der Waals surface area (Å²) in [7, 11) is 0. The molecule has 214 valence electrons. The van der Waals surface area contributed by atoms with Gasteiger partial charge in [0.25, 0.3) is 0 Å². The average Bonchev–Trinajstić information content (AvgIpc) is 2.94. The van der Waals surface area contributed by atoms with E-state index in [0.29, 0.717) is 51.6 Å². The summed E-state index contributed by atoms with van der Waals surface area (Å²) in [6.07, 6.45) is 1.48. The Kier molecular flexibility index (Phi) is 7.40. The largest absolute Gasteiger partial charge is 0.369 e. The van der Waals surface area contributed by atoms with Gasteiger partial charge in [-0.1, -0.05) is 23.7 Å². The molecule has 1 aliphatic heterocycles. The maximum atomic E-state index is 14.8. The van der Waals surface area contributed by atoms with Crippen molar-refractivity contribution in [3.63, 3.8) is 0 Å². The molecule has 6 rings (SSSR count). The van der Waals surface area contributed by atoms with Crippen molar-refractivity contribution < 1.29 is 18.5 Å². The molecule has 0 radical (unpaired) electrons. The number of nitrogens with one attached hydrogen (secondary N) is 1. The van der Waals surface area contributed by atoms with Crippen LogP contribution in [0.4, 0.5) is 30.5 Å². The van der Waals surface area contributed by atoms with Gasteiger partial charge >= 0.3 is 5.95 Å². The van der Waals surface area contributed by atoms with Crippen LogP contribution in [0.5, 0.6) is 0 Å². The van der Waals surface area contributed by atoms with E-state index in [0.717, 1.165) is 0 Å². The Labute approximate surface area is 244 Å². The van der Waals surface area contributed by atoms with Gasteiger partial charge in [-0.15, -0.1) is 0 Å². The molecule has 0 amide bonds. The molecule has 2 atom stereocenters. The summed E-state index contributed by atoms with van der Waals surface area (Å²) in [5, 5.41) is 6.52. The van der Waals surface area contributed by atoms with E-state index in [9.17, 15) is 13.2 Å². The first-order chi connectivity index (χ1) is 20.2. The van der Waals surface area contributed by atoms with Crippen molar-refractivity contribution in [2.75, 3.05) is 13.1 Å². The van der Waals surface area contributed by atoms with Crippen LogP contribution in [0.1, 0.15) is 13.8 Å². The lowest BCUT2D eigenvalue weighted by Crippen LogP contribution is -2.72. The predicted molar refractivity (Wildman–Crippen MR) is 158 cm³/mol. The van der Waals surface area contributed by atoms with Gasteiger partial charge in [0.1, 0.15) is 39.9 Å². The number of guanidine groups is 1. The van der Waals surface area contributed by atoms with E-state index < -0.39 is 17.5 Å². The second kappa shape index (κ2) is 11.2. The maximum Gasteiger partial charge on any atom is 0.331 e. The molecule has 8 nitrogen and oxygen atoms in total. The lowest BCUT2D eigenvalue weighted by molar-refractivity contribution is -0.487. The number of aliphatic imine (C=N–C) groups is 1. The Hall–Kier alpha value is -4.32. The zero-order chi connectivity index (χ0) is 29.5. The van der Waals surface area contributed by atoms with Gasteiger partial charge in [-0.3, -0.25) is 0 Å². The van der Waals surface area contributed by atoms with Crippen LogP contribution in [0.25, 0.3) is 33.1 Å². The lowest BCUT2D eigenvalue weighted by Gasteiger charge is -2.36. The molecule has 0 bridgehead atoms. The van der Waals surface area contributed by atoms with E-state index in [1.165, 1.54) is 30.5 Å². The van der Waals surface area contributed by atoms with Crippen LogP contribution in [0.2, 0.25) is 5.02 Å². The second-order valence-electron chi connectivity index (χ2n) is 10.4. The molecule has 1 saturated heterocycles. The van der Waals surface area contributed by atoms with Gasteiger partial charge in [0.05, 0.1) is 17.5 Å². The van der Waals surface area contributed by atoms with Crippen molar-refractivity contribution in [1.29, 1.82) is 0 Å². The first-order valence-electron chi connectivity index (χ1n) is 13.4. The van der Waals surface area contributed by atoms with E-state index in [-0.39, 0.29) is 35.0 Å². The highest BCUT2D eigenvalue weighted by Crippen LogP contribution is 2.35. The van der Waals surface area contributed by atoms with Crippen LogP contribution in [-0.2, 0) is 0 Å². The van der Waals surface area contributed by atoms with Crippen LogP contribution >= 0.6 is 11.6 Å². The first-order valence-corrected chi connectivity index (χ1v) is 13.7. The molecule has 5 N–H and O–H groups in total. The van der Waals surface area contributed by atoms with Gasteiger partial charge < -0.3 is 16.0 Å². The number of pyridine rings is 1. The highest BCUT2D eigenvalue weighted by molar-refractivity contribution is 6.31. The minimum atomic E-state index is -0.745. The summed E-state index contributed by atoms with van der Waals surface area (Å²) in [6.45, 7) is 5.44. The minimum Gasteiger partial charge on any atom is -0.369 e. The van der Waals surface area contributed by atoms with Gasteiger partial charge in [-0.25, -0.2) is 28.5 Å². The van der Waals surface area contributed by atoms with Crippen molar-refractivity contribution in [1.82, 2.24) is 25.2 Å². The Balaban J connectivity index is 1.37. The molecular formula is C30H27ClF3N8+. The van der Waals surface area contributed by atoms with E-state index in [1.807, 2.05) is 4.90 Å². The number of fused-ring (bicyclic) bond motifs is 3. The molecule has 2 unspecified atom stereocenters. The number of nitrogens with two attached hydrogens (primary N) is 2. The third kappa shape index (κ3) is 5.46. The third-order valence-electron chi connectivity index (χ3n) is 7.09. The number of hydrogen-bond donors (Lipinski definition) is 3. The van der Waals surface area contributed by atoms with Gasteiger partial charge in [0.15, 0.2) is 5.96 Å². The summed E-state index contributed by atoms with van der Waals surface area (Å²) in [6, 6.07) is 13.6. The summed E-state index contributed by atoms with van der Waals surface area (Å²) in [4.78, 5) is 19.9. The Morgan fingerprint density at radius 2 is 1.71 bits per heavy atom. The van der Waals surface area contributed by atoms with E-state index in [2.05, 4.69) is 39.1 Å². The van der Waals surface area contributed by atoms with Crippen molar-refractivity contribution >= 4 is 56.7 Å².